The molecule has 0 bridgehead atoms. The first-order chi connectivity index (χ1) is 9.15. The first kappa shape index (κ1) is 12.4. The first-order valence-electron chi connectivity index (χ1n) is 5.66. The van der Waals surface area contributed by atoms with Crippen molar-refractivity contribution in [3.05, 3.63) is 46.8 Å². The molecule has 0 aliphatic heterocycles. The summed E-state index contributed by atoms with van der Waals surface area (Å²) >= 11 is 0. The maximum Gasteiger partial charge on any atom is 0.149 e. The summed E-state index contributed by atoms with van der Waals surface area (Å²) in [6.07, 6.45) is 1.83. The van der Waals surface area contributed by atoms with Crippen LogP contribution >= 0.6 is 0 Å². The number of allylic oxidation sites excluding steroid dienone is 2. The molecule has 4 heteroatoms. The van der Waals surface area contributed by atoms with Crippen LogP contribution in [-0.4, -0.2) is 4.40 Å². The number of nitrogens with zero attached hydrogens (tertiary/aromatic N) is 4. The van der Waals surface area contributed by atoms with Crippen molar-refractivity contribution in [3.8, 4) is 18.2 Å². The molecule has 90 valence electrons. The maximum absolute atomic E-state index is 9.28. The summed E-state index contributed by atoms with van der Waals surface area (Å²) in [5, 5.41) is 27.2. The fourth-order valence-corrected chi connectivity index (χ4v) is 2.17. The predicted octanol–water partition coefficient (Wildman–Crippen LogP) is 2.88. The molecule has 0 fully saturated rings. The van der Waals surface area contributed by atoms with Crippen molar-refractivity contribution in [2.45, 2.75) is 13.8 Å². The molecule has 0 aliphatic rings. The summed E-state index contributed by atoms with van der Waals surface area (Å²) in [5.41, 5.74) is 3.50. The third-order valence-electron chi connectivity index (χ3n) is 3.22. The fourth-order valence-electron chi connectivity index (χ4n) is 2.17. The zero-order valence-electron chi connectivity index (χ0n) is 10.6. The maximum atomic E-state index is 9.28. The lowest BCUT2D eigenvalue weighted by Crippen LogP contribution is -1.95. The number of aryl methyl sites for hydroxylation is 1. The Morgan fingerprint density at radius 1 is 1.00 bits per heavy atom. The Morgan fingerprint density at radius 2 is 1.68 bits per heavy atom. The van der Waals surface area contributed by atoms with Crippen molar-refractivity contribution in [2.24, 2.45) is 0 Å². The molecule has 0 amide bonds. The van der Waals surface area contributed by atoms with Crippen LogP contribution in [0.5, 0.6) is 0 Å². The standard InChI is InChI=1S/C15H10N4/c1-10-11(2)15(13(9-18)12(7-16)8-17)19-6-4-3-5-14(10)19/h3-6H,1-2H3. The Kier molecular flexibility index (Phi) is 3.06. The highest BCUT2D eigenvalue weighted by Gasteiger charge is 2.18. The summed E-state index contributed by atoms with van der Waals surface area (Å²) < 4.78 is 1.85. The van der Waals surface area contributed by atoms with Crippen molar-refractivity contribution in [1.82, 2.24) is 4.40 Å². The van der Waals surface area contributed by atoms with Crippen LogP contribution in [0.25, 0.3) is 11.1 Å². The van der Waals surface area contributed by atoms with Gasteiger partial charge in [-0.3, -0.25) is 0 Å². The van der Waals surface area contributed by atoms with Crippen molar-refractivity contribution in [3.63, 3.8) is 0 Å². The molecule has 0 aliphatic carbocycles. The Labute approximate surface area is 111 Å². The van der Waals surface area contributed by atoms with Gasteiger partial charge in [-0.2, -0.15) is 15.8 Å². The monoisotopic (exact) mass is 246 g/mol. The average Bonchev–Trinajstić information content (AvgIpc) is 2.69. The third kappa shape index (κ3) is 1.75. The third-order valence-corrected chi connectivity index (χ3v) is 3.22. The summed E-state index contributed by atoms with van der Waals surface area (Å²) in [4.78, 5) is 0. The van der Waals surface area contributed by atoms with Gasteiger partial charge in [0.05, 0.1) is 5.69 Å². The topological polar surface area (TPSA) is 75.8 Å². The zero-order valence-corrected chi connectivity index (χ0v) is 10.6. The van der Waals surface area contributed by atoms with Crippen molar-refractivity contribution >= 4 is 11.1 Å². The minimum absolute atomic E-state index is 0.122. The second-order valence-corrected chi connectivity index (χ2v) is 4.14. The molecule has 0 saturated heterocycles. The summed E-state index contributed by atoms with van der Waals surface area (Å²) in [5.74, 6) is 0. The molecular weight excluding hydrogens is 236 g/mol. The summed E-state index contributed by atoms with van der Waals surface area (Å²) in [6.45, 7) is 3.85. The van der Waals surface area contributed by atoms with Crippen molar-refractivity contribution in [1.29, 1.82) is 15.8 Å². The molecule has 2 aromatic heterocycles. The lowest BCUT2D eigenvalue weighted by atomic mass is 10.0. The first-order valence-corrected chi connectivity index (χ1v) is 5.66. The van der Waals surface area contributed by atoms with E-state index < -0.39 is 0 Å². The van der Waals surface area contributed by atoms with E-state index in [1.807, 2.05) is 48.7 Å². The van der Waals surface area contributed by atoms with Crippen LogP contribution in [0.15, 0.2) is 30.0 Å². The molecule has 2 aromatic rings. The molecule has 0 radical (unpaired) electrons. The van der Waals surface area contributed by atoms with Crippen LogP contribution in [-0.2, 0) is 0 Å². The number of rotatable bonds is 1. The minimum Gasteiger partial charge on any atom is -0.315 e. The van der Waals surface area contributed by atoms with Crippen LogP contribution < -0.4 is 0 Å². The summed E-state index contributed by atoms with van der Waals surface area (Å²) in [7, 11) is 0. The average molecular weight is 246 g/mol. The van der Waals surface area contributed by atoms with E-state index in [-0.39, 0.29) is 11.1 Å². The van der Waals surface area contributed by atoms with Gasteiger partial charge in [-0.15, -0.1) is 0 Å². The highest BCUT2D eigenvalue weighted by atomic mass is 14.9. The van der Waals surface area contributed by atoms with E-state index in [2.05, 4.69) is 0 Å². The minimum atomic E-state index is -0.158. The normalized spacial score (nSPS) is 9.42. The fraction of sp³-hybridized carbons (Fsp3) is 0.133. The molecule has 2 rings (SSSR count). The number of nitriles is 3. The zero-order chi connectivity index (χ0) is 14.0. The number of fused-ring (bicyclic) bond motifs is 1. The molecule has 0 atom stereocenters. The molecule has 4 nitrogen and oxygen atoms in total. The van der Waals surface area contributed by atoms with Crippen LogP contribution in [0.3, 0.4) is 0 Å². The van der Waals surface area contributed by atoms with Crippen LogP contribution in [0.4, 0.5) is 0 Å². The van der Waals surface area contributed by atoms with Gasteiger partial charge >= 0.3 is 0 Å². The lowest BCUT2D eigenvalue weighted by molar-refractivity contribution is 1.15. The number of aromatic nitrogens is 1. The van der Waals surface area contributed by atoms with Gasteiger partial charge in [-0.05, 0) is 37.1 Å². The van der Waals surface area contributed by atoms with E-state index in [1.54, 1.807) is 12.1 Å². The van der Waals surface area contributed by atoms with Crippen LogP contribution in [0, 0.1) is 47.8 Å². The van der Waals surface area contributed by atoms with Gasteiger partial charge in [-0.25, -0.2) is 0 Å². The molecule has 19 heavy (non-hydrogen) atoms. The van der Waals surface area contributed by atoms with Gasteiger partial charge in [0.15, 0.2) is 0 Å². The van der Waals surface area contributed by atoms with Crippen LogP contribution in [0.1, 0.15) is 16.8 Å². The van der Waals surface area contributed by atoms with E-state index in [0.717, 1.165) is 16.6 Å². The lowest BCUT2D eigenvalue weighted by Gasteiger charge is -2.02. The Hall–Kier alpha value is -3.03. The number of hydrogen-bond donors (Lipinski definition) is 0. The largest absolute Gasteiger partial charge is 0.315 e. The Morgan fingerprint density at radius 3 is 2.26 bits per heavy atom. The van der Waals surface area contributed by atoms with E-state index in [9.17, 15) is 5.26 Å². The quantitative estimate of drug-likeness (QED) is 0.726. The molecule has 0 aromatic carbocycles. The predicted molar refractivity (Wildman–Crippen MR) is 70.6 cm³/mol. The van der Waals surface area contributed by atoms with Crippen molar-refractivity contribution < 1.29 is 0 Å². The molecule has 0 saturated carbocycles. The van der Waals surface area contributed by atoms with E-state index in [1.165, 1.54) is 0 Å². The van der Waals surface area contributed by atoms with Gasteiger partial charge in [0.1, 0.15) is 29.4 Å². The van der Waals surface area contributed by atoms with Crippen LogP contribution in [0.2, 0.25) is 0 Å². The highest BCUT2D eigenvalue weighted by molar-refractivity contribution is 5.87. The van der Waals surface area contributed by atoms with E-state index >= 15 is 0 Å². The summed E-state index contributed by atoms with van der Waals surface area (Å²) in [6, 6.07) is 11.3. The SMILES string of the molecule is Cc1c(C)c2ccccn2c1C(C#N)=C(C#N)C#N. The van der Waals surface area contributed by atoms with Gasteiger partial charge in [0.2, 0.25) is 0 Å². The van der Waals surface area contributed by atoms with E-state index in [4.69, 9.17) is 10.5 Å². The molecular formula is C15H10N4. The van der Waals surface area contributed by atoms with Gasteiger partial charge in [0, 0.05) is 11.7 Å². The van der Waals surface area contributed by atoms with Gasteiger partial charge < -0.3 is 4.40 Å². The molecule has 0 spiro atoms. The second kappa shape index (κ2) is 4.69. The highest BCUT2D eigenvalue weighted by Crippen LogP contribution is 2.28. The second-order valence-electron chi connectivity index (χ2n) is 4.14. The number of hydrogen-bond acceptors (Lipinski definition) is 3. The Bertz CT molecular complexity index is 801. The van der Waals surface area contributed by atoms with Gasteiger partial charge in [0.25, 0.3) is 0 Å². The number of pyridine rings is 1. The molecule has 2 heterocycles. The smallest absolute Gasteiger partial charge is 0.149 e. The van der Waals surface area contributed by atoms with Crippen molar-refractivity contribution in [2.75, 3.05) is 0 Å². The Balaban J connectivity index is 2.97. The van der Waals surface area contributed by atoms with Gasteiger partial charge in [-0.1, -0.05) is 6.07 Å². The van der Waals surface area contributed by atoms with E-state index in [0.29, 0.717) is 5.69 Å². The molecule has 0 N–H and O–H groups in total. The molecule has 0 unspecified atom stereocenters.